The minimum atomic E-state index is -4.14. The summed E-state index contributed by atoms with van der Waals surface area (Å²) in [6, 6.07) is 10.5. The van der Waals surface area contributed by atoms with Gasteiger partial charge in [0.25, 0.3) is 0 Å². The van der Waals surface area contributed by atoms with E-state index in [1.807, 2.05) is 18.2 Å². The summed E-state index contributed by atoms with van der Waals surface area (Å²) < 4.78 is 38.2. The SMILES string of the molecule is Oc1ccc2cc([C@H](CCC(F)(F)F)N3CCNCC3)ccc2c1. The summed E-state index contributed by atoms with van der Waals surface area (Å²) in [7, 11) is 0. The van der Waals surface area contributed by atoms with Crippen molar-refractivity contribution in [2.24, 2.45) is 0 Å². The number of fused-ring (bicyclic) bond motifs is 1. The molecule has 1 aliphatic rings. The van der Waals surface area contributed by atoms with E-state index in [1.54, 1.807) is 18.2 Å². The van der Waals surface area contributed by atoms with Crippen molar-refractivity contribution in [3.63, 3.8) is 0 Å². The molecular weight excluding hydrogens is 317 g/mol. The summed E-state index contributed by atoms with van der Waals surface area (Å²) in [6.07, 6.45) is -4.86. The predicted octanol–water partition coefficient (Wildman–Crippen LogP) is 3.83. The van der Waals surface area contributed by atoms with Gasteiger partial charge in [-0.3, -0.25) is 4.90 Å². The third kappa shape index (κ3) is 4.19. The highest BCUT2D eigenvalue weighted by Crippen LogP contribution is 2.33. The average Bonchev–Trinajstić information content (AvgIpc) is 2.55. The van der Waals surface area contributed by atoms with E-state index in [1.165, 1.54) is 0 Å². The van der Waals surface area contributed by atoms with Crippen LogP contribution in [0.4, 0.5) is 13.2 Å². The number of hydrogen-bond acceptors (Lipinski definition) is 3. The standard InChI is InChI=1S/C18H21F3N2O/c19-18(20,21)6-5-17(23-9-7-22-8-10-23)15-2-1-14-12-16(24)4-3-13(14)11-15/h1-4,11-12,17,22,24H,5-10H2/t17-/m0/s1. The number of nitrogens with one attached hydrogen (secondary N) is 1. The molecule has 0 bridgehead atoms. The number of phenols is 1. The fourth-order valence-electron chi connectivity index (χ4n) is 3.31. The minimum absolute atomic E-state index is 0.0626. The second kappa shape index (κ2) is 6.99. The molecule has 3 rings (SSSR count). The Balaban J connectivity index is 1.89. The molecule has 0 aromatic heterocycles. The van der Waals surface area contributed by atoms with Crippen LogP contribution in [0.1, 0.15) is 24.4 Å². The molecule has 1 fully saturated rings. The van der Waals surface area contributed by atoms with Crippen LogP contribution >= 0.6 is 0 Å². The van der Waals surface area contributed by atoms with Crippen LogP contribution in [-0.2, 0) is 0 Å². The highest BCUT2D eigenvalue weighted by atomic mass is 19.4. The van der Waals surface area contributed by atoms with E-state index in [0.717, 1.165) is 42.5 Å². The quantitative estimate of drug-likeness (QED) is 0.889. The number of halogens is 3. The Labute approximate surface area is 139 Å². The van der Waals surface area contributed by atoms with E-state index in [2.05, 4.69) is 10.2 Å². The molecule has 3 nitrogen and oxygen atoms in total. The maximum absolute atomic E-state index is 12.7. The summed E-state index contributed by atoms with van der Waals surface area (Å²) in [5.74, 6) is 0.186. The van der Waals surface area contributed by atoms with E-state index in [-0.39, 0.29) is 18.2 Å². The van der Waals surface area contributed by atoms with Crippen LogP contribution in [0.3, 0.4) is 0 Å². The van der Waals surface area contributed by atoms with Gasteiger partial charge in [0.05, 0.1) is 0 Å². The van der Waals surface area contributed by atoms with Gasteiger partial charge in [-0.15, -0.1) is 0 Å². The van der Waals surface area contributed by atoms with Crippen molar-refractivity contribution in [2.45, 2.75) is 25.1 Å². The van der Waals surface area contributed by atoms with Crippen LogP contribution in [0.15, 0.2) is 36.4 Å². The Morgan fingerprint density at radius 3 is 2.42 bits per heavy atom. The van der Waals surface area contributed by atoms with Gasteiger partial charge in [0.15, 0.2) is 0 Å². The third-order valence-corrected chi connectivity index (χ3v) is 4.53. The molecule has 1 atom stereocenters. The van der Waals surface area contributed by atoms with Crippen molar-refractivity contribution in [3.8, 4) is 5.75 Å². The smallest absolute Gasteiger partial charge is 0.389 e. The van der Waals surface area contributed by atoms with Crippen molar-refractivity contribution in [2.75, 3.05) is 26.2 Å². The third-order valence-electron chi connectivity index (χ3n) is 4.53. The Morgan fingerprint density at radius 1 is 1.04 bits per heavy atom. The number of benzene rings is 2. The number of piperazine rings is 1. The molecule has 0 spiro atoms. The molecule has 0 aliphatic carbocycles. The molecule has 0 amide bonds. The number of rotatable bonds is 4. The Bertz CT molecular complexity index is 696. The van der Waals surface area contributed by atoms with E-state index in [0.29, 0.717) is 0 Å². The van der Waals surface area contributed by atoms with Gasteiger partial charge < -0.3 is 10.4 Å². The zero-order valence-corrected chi connectivity index (χ0v) is 13.3. The number of phenolic OH excluding ortho intramolecular Hbond substituents is 1. The Morgan fingerprint density at radius 2 is 1.71 bits per heavy atom. The van der Waals surface area contributed by atoms with E-state index < -0.39 is 12.6 Å². The number of alkyl halides is 3. The fraction of sp³-hybridized carbons (Fsp3) is 0.444. The molecule has 6 heteroatoms. The highest BCUT2D eigenvalue weighted by Gasteiger charge is 2.31. The van der Waals surface area contributed by atoms with Crippen LogP contribution in [-0.4, -0.2) is 42.4 Å². The summed E-state index contributed by atoms with van der Waals surface area (Å²) in [6.45, 7) is 3.08. The van der Waals surface area contributed by atoms with Crippen molar-refractivity contribution in [1.82, 2.24) is 10.2 Å². The number of hydrogen-bond donors (Lipinski definition) is 2. The van der Waals surface area contributed by atoms with Crippen molar-refractivity contribution < 1.29 is 18.3 Å². The first-order valence-electron chi connectivity index (χ1n) is 8.16. The van der Waals surface area contributed by atoms with Gasteiger partial charge in [0, 0.05) is 38.6 Å². The molecule has 2 aromatic rings. The molecule has 24 heavy (non-hydrogen) atoms. The predicted molar refractivity (Wildman–Crippen MR) is 88.1 cm³/mol. The van der Waals surface area contributed by atoms with Gasteiger partial charge in [-0.05, 0) is 41.0 Å². The number of aromatic hydroxyl groups is 1. The number of nitrogens with zero attached hydrogens (tertiary/aromatic N) is 1. The summed E-state index contributed by atoms with van der Waals surface area (Å²) in [5, 5.41) is 14.6. The molecule has 2 N–H and O–H groups in total. The molecule has 0 saturated carbocycles. The Hall–Kier alpha value is -1.79. The van der Waals surface area contributed by atoms with Gasteiger partial charge >= 0.3 is 6.18 Å². The van der Waals surface area contributed by atoms with E-state index in [4.69, 9.17) is 0 Å². The first-order valence-corrected chi connectivity index (χ1v) is 8.16. The van der Waals surface area contributed by atoms with E-state index >= 15 is 0 Å². The lowest BCUT2D eigenvalue weighted by molar-refractivity contribution is -0.138. The molecule has 1 saturated heterocycles. The molecule has 1 aliphatic heterocycles. The zero-order valence-electron chi connectivity index (χ0n) is 13.3. The largest absolute Gasteiger partial charge is 0.508 e. The van der Waals surface area contributed by atoms with Gasteiger partial charge in [0.2, 0.25) is 0 Å². The second-order valence-electron chi connectivity index (χ2n) is 6.25. The van der Waals surface area contributed by atoms with Crippen LogP contribution in [0.5, 0.6) is 5.75 Å². The Kier molecular flexibility index (Phi) is 4.96. The normalized spacial score (nSPS) is 18.0. The minimum Gasteiger partial charge on any atom is -0.508 e. The van der Waals surface area contributed by atoms with Crippen LogP contribution in [0.25, 0.3) is 10.8 Å². The molecule has 1 heterocycles. The summed E-state index contributed by atoms with van der Waals surface area (Å²) in [4.78, 5) is 2.13. The monoisotopic (exact) mass is 338 g/mol. The van der Waals surface area contributed by atoms with Crippen LogP contribution < -0.4 is 5.32 Å². The van der Waals surface area contributed by atoms with Crippen molar-refractivity contribution in [1.29, 1.82) is 0 Å². The van der Waals surface area contributed by atoms with Crippen LogP contribution in [0.2, 0.25) is 0 Å². The summed E-state index contributed by atoms with van der Waals surface area (Å²) >= 11 is 0. The fourth-order valence-corrected chi connectivity index (χ4v) is 3.31. The van der Waals surface area contributed by atoms with Crippen LogP contribution in [0, 0.1) is 0 Å². The van der Waals surface area contributed by atoms with E-state index in [9.17, 15) is 18.3 Å². The second-order valence-corrected chi connectivity index (χ2v) is 6.25. The highest BCUT2D eigenvalue weighted by molar-refractivity contribution is 5.84. The lowest BCUT2D eigenvalue weighted by atomic mass is 9.96. The van der Waals surface area contributed by atoms with Crippen molar-refractivity contribution >= 4 is 10.8 Å². The van der Waals surface area contributed by atoms with Gasteiger partial charge in [-0.25, -0.2) is 0 Å². The molecule has 0 radical (unpaired) electrons. The molecule has 0 unspecified atom stereocenters. The van der Waals surface area contributed by atoms with Gasteiger partial charge in [-0.1, -0.05) is 18.2 Å². The zero-order chi connectivity index (χ0) is 17.2. The molecular formula is C18H21F3N2O. The first kappa shape index (κ1) is 17.0. The maximum atomic E-state index is 12.7. The van der Waals surface area contributed by atoms with Gasteiger partial charge in [-0.2, -0.15) is 13.2 Å². The topological polar surface area (TPSA) is 35.5 Å². The lowest BCUT2D eigenvalue weighted by Crippen LogP contribution is -2.45. The average molecular weight is 338 g/mol. The summed E-state index contributed by atoms with van der Waals surface area (Å²) in [5.41, 5.74) is 0.902. The van der Waals surface area contributed by atoms with Gasteiger partial charge in [0.1, 0.15) is 5.75 Å². The first-order chi connectivity index (χ1) is 11.4. The van der Waals surface area contributed by atoms with Crippen molar-refractivity contribution in [3.05, 3.63) is 42.0 Å². The maximum Gasteiger partial charge on any atom is 0.389 e. The molecule has 130 valence electrons. The molecule has 2 aromatic carbocycles. The lowest BCUT2D eigenvalue weighted by Gasteiger charge is -2.35.